The van der Waals surface area contributed by atoms with E-state index in [9.17, 15) is 12.8 Å². The molecule has 0 saturated heterocycles. The van der Waals surface area contributed by atoms with Crippen molar-refractivity contribution in [1.82, 2.24) is 4.98 Å². The Morgan fingerprint density at radius 3 is 2.42 bits per heavy atom. The molecule has 0 aliphatic heterocycles. The highest BCUT2D eigenvalue weighted by Gasteiger charge is 2.19. The second-order valence-electron chi connectivity index (χ2n) is 4.18. The molecule has 3 rings (SSSR count). The summed E-state index contributed by atoms with van der Waals surface area (Å²) < 4.78 is 37.8. The van der Waals surface area contributed by atoms with E-state index < -0.39 is 15.7 Å². The predicted octanol–water partition coefficient (Wildman–Crippen LogP) is 3.14. The summed E-state index contributed by atoms with van der Waals surface area (Å²) in [6, 6.07) is 13.8. The number of hydrogen-bond acceptors (Lipinski definition) is 2. The summed E-state index contributed by atoms with van der Waals surface area (Å²) in [5, 5.41) is 0.732. The monoisotopic (exact) mass is 275 g/mol. The Labute approximate surface area is 109 Å². The molecule has 0 amide bonds. The third-order valence-corrected chi connectivity index (χ3v) is 4.59. The number of hydrogen-bond donors (Lipinski definition) is 1. The van der Waals surface area contributed by atoms with Crippen molar-refractivity contribution < 1.29 is 12.8 Å². The minimum Gasteiger partial charge on any atom is -0.345 e. The molecule has 1 aromatic heterocycles. The standard InChI is InChI=1S/C14H10FNO2S/c15-11-7-6-10-8-14(16-13(10)9-11)19(17,18)12-4-2-1-3-5-12/h1-9,16H. The zero-order valence-electron chi connectivity index (χ0n) is 9.80. The Bertz CT molecular complexity index is 838. The van der Waals surface area contributed by atoms with Gasteiger partial charge in [0, 0.05) is 10.9 Å². The van der Waals surface area contributed by atoms with Crippen molar-refractivity contribution in [3.63, 3.8) is 0 Å². The van der Waals surface area contributed by atoms with Crippen molar-refractivity contribution in [2.75, 3.05) is 0 Å². The Kier molecular flexibility index (Phi) is 2.64. The van der Waals surface area contributed by atoms with Gasteiger partial charge in [0.05, 0.1) is 4.90 Å². The number of aromatic nitrogens is 1. The molecular weight excluding hydrogens is 265 g/mol. The van der Waals surface area contributed by atoms with Gasteiger partial charge in [-0.05, 0) is 36.4 Å². The molecule has 0 atom stereocenters. The van der Waals surface area contributed by atoms with Crippen molar-refractivity contribution in [2.24, 2.45) is 0 Å². The summed E-state index contributed by atoms with van der Waals surface area (Å²) in [6.07, 6.45) is 0. The summed E-state index contributed by atoms with van der Waals surface area (Å²) >= 11 is 0. The Hall–Kier alpha value is -2.14. The highest BCUT2D eigenvalue weighted by Crippen LogP contribution is 2.24. The van der Waals surface area contributed by atoms with E-state index in [0.29, 0.717) is 10.9 Å². The lowest BCUT2D eigenvalue weighted by atomic mass is 10.2. The Balaban J connectivity index is 2.19. The summed E-state index contributed by atoms with van der Waals surface area (Å²) in [5.74, 6) is -0.405. The van der Waals surface area contributed by atoms with Gasteiger partial charge in [-0.25, -0.2) is 12.8 Å². The van der Waals surface area contributed by atoms with Crippen LogP contribution in [0, 0.1) is 5.82 Å². The average Bonchev–Trinajstić information content (AvgIpc) is 2.83. The lowest BCUT2D eigenvalue weighted by molar-refractivity contribution is 0.593. The number of nitrogens with one attached hydrogen (secondary N) is 1. The van der Waals surface area contributed by atoms with E-state index in [0.717, 1.165) is 0 Å². The van der Waals surface area contributed by atoms with Gasteiger partial charge in [-0.3, -0.25) is 0 Å². The zero-order chi connectivity index (χ0) is 13.5. The van der Waals surface area contributed by atoms with E-state index in [4.69, 9.17) is 0 Å². The summed E-state index contributed by atoms with van der Waals surface area (Å²) in [5.41, 5.74) is 0.467. The van der Waals surface area contributed by atoms with Crippen LogP contribution in [0.2, 0.25) is 0 Å². The van der Waals surface area contributed by atoms with E-state index in [1.54, 1.807) is 24.3 Å². The van der Waals surface area contributed by atoms with Crippen LogP contribution in [0.3, 0.4) is 0 Å². The lowest BCUT2D eigenvalue weighted by Gasteiger charge is -2.00. The van der Waals surface area contributed by atoms with Crippen molar-refractivity contribution in [3.05, 3.63) is 60.4 Å². The molecule has 0 saturated carbocycles. The number of rotatable bonds is 2. The molecule has 0 spiro atoms. The lowest BCUT2D eigenvalue weighted by Crippen LogP contribution is -2.01. The number of H-pyrrole nitrogens is 1. The quantitative estimate of drug-likeness (QED) is 0.781. The molecule has 19 heavy (non-hydrogen) atoms. The molecule has 0 fully saturated rings. The Morgan fingerprint density at radius 2 is 1.68 bits per heavy atom. The summed E-state index contributed by atoms with van der Waals surface area (Å²) in [4.78, 5) is 2.96. The normalized spacial score (nSPS) is 11.8. The minimum atomic E-state index is -3.59. The second kappa shape index (κ2) is 4.20. The first-order chi connectivity index (χ1) is 9.07. The van der Waals surface area contributed by atoms with Gasteiger partial charge in [0.15, 0.2) is 0 Å². The molecule has 96 valence electrons. The van der Waals surface area contributed by atoms with Gasteiger partial charge >= 0.3 is 0 Å². The van der Waals surface area contributed by atoms with Gasteiger partial charge in [-0.15, -0.1) is 0 Å². The van der Waals surface area contributed by atoms with Crippen molar-refractivity contribution in [3.8, 4) is 0 Å². The number of benzene rings is 2. The highest BCUT2D eigenvalue weighted by atomic mass is 32.2. The maximum absolute atomic E-state index is 13.1. The molecule has 0 radical (unpaired) electrons. The van der Waals surface area contributed by atoms with Crippen molar-refractivity contribution >= 4 is 20.7 Å². The van der Waals surface area contributed by atoms with Gasteiger partial charge in [0.25, 0.3) is 0 Å². The maximum Gasteiger partial charge on any atom is 0.221 e. The van der Waals surface area contributed by atoms with E-state index in [2.05, 4.69) is 4.98 Å². The fourth-order valence-corrected chi connectivity index (χ4v) is 3.24. The molecule has 0 unspecified atom stereocenters. The van der Waals surface area contributed by atoms with Crippen molar-refractivity contribution in [1.29, 1.82) is 0 Å². The van der Waals surface area contributed by atoms with Crippen LogP contribution in [0.1, 0.15) is 0 Å². The van der Waals surface area contributed by atoms with Crippen LogP contribution in [-0.4, -0.2) is 13.4 Å². The van der Waals surface area contributed by atoms with Crippen LogP contribution in [0.25, 0.3) is 10.9 Å². The van der Waals surface area contributed by atoms with Gasteiger partial charge in [-0.1, -0.05) is 18.2 Å². The van der Waals surface area contributed by atoms with Crippen LogP contribution in [0.4, 0.5) is 4.39 Å². The zero-order valence-corrected chi connectivity index (χ0v) is 10.6. The largest absolute Gasteiger partial charge is 0.345 e. The molecular formula is C14H10FNO2S. The molecule has 1 N–H and O–H groups in total. The number of aromatic amines is 1. The number of halogens is 1. The van der Waals surface area contributed by atoms with Crippen molar-refractivity contribution in [2.45, 2.75) is 9.92 Å². The third-order valence-electron chi connectivity index (χ3n) is 2.90. The average molecular weight is 275 g/mol. The molecule has 3 nitrogen and oxygen atoms in total. The number of fused-ring (bicyclic) bond motifs is 1. The van der Waals surface area contributed by atoms with E-state index in [1.807, 2.05) is 0 Å². The van der Waals surface area contributed by atoms with Crippen LogP contribution in [0.5, 0.6) is 0 Å². The third kappa shape index (κ3) is 2.02. The first kappa shape index (κ1) is 11.9. The van der Waals surface area contributed by atoms with Crippen LogP contribution < -0.4 is 0 Å². The van der Waals surface area contributed by atoms with E-state index in [-0.39, 0.29) is 9.92 Å². The van der Waals surface area contributed by atoms with Crippen LogP contribution in [0.15, 0.2) is 64.5 Å². The predicted molar refractivity (Wildman–Crippen MR) is 70.2 cm³/mol. The van der Waals surface area contributed by atoms with E-state index >= 15 is 0 Å². The fourth-order valence-electron chi connectivity index (χ4n) is 1.94. The molecule has 1 heterocycles. The van der Waals surface area contributed by atoms with Gasteiger partial charge in [-0.2, -0.15) is 0 Å². The molecule has 0 aliphatic carbocycles. The molecule has 3 aromatic rings. The van der Waals surface area contributed by atoms with Gasteiger partial charge in [0.1, 0.15) is 10.8 Å². The topological polar surface area (TPSA) is 49.9 Å². The molecule has 0 bridgehead atoms. The summed E-state index contributed by atoms with van der Waals surface area (Å²) in [7, 11) is -3.59. The Morgan fingerprint density at radius 1 is 0.947 bits per heavy atom. The fraction of sp³-hybridized carbons (Fsp3) is 0. The smallest absolute Gasteiger partial charge is 0.221 e. The maximum atomic E-state index is 13.1. The minimum absolute atomic E-state index is 0.0688. The molecule has 0 aliphatic rings. The first-order valence-electron chi connectivity index (χ1n) is 5.66. The van der Waals surface area contributed by atoms with Gasteiger partial charge in [0.2, 0.25) is 9.84 Å². The molecule has 2 aromatic carbocycles. The van der Waals surface area contributed by atoms with Crippen LogP contribution in [-0.2, 0) is 9.84 Å². The second-order valence-corrected chi connectivity index (χ2v) is 6.10. The number of sulfone groups is 1. The SMILES string of the molecule is O=S(=O)(c1ccccc1)c1cc2ccc(F)cc2[nH]1. The first-order valence-corrected chi connectivity index (χ1v) is 7.14. The summed E-state index contributed by atoms with van der Waals surface area (Å²) in [6.45, 7) is 0. The van der Waals surface area contributed by atoms with Crippen LogP contribution >= 0.6 is 0 Å². The van der Waals surface area contributed by atoms with E-state index in [1.165, 1.54) is 30.3 Å². The molecule has 5 heteroatoms. The highest BCUT2D eigenvalue weighted by molar-refractivity contribution is 7.91. The van der Waals surface area contributed by atoms with Gasteiger partial charge < -0.3 is 4.98 Å².